The molecule has 37 heavy (non-hydrogen) atoms. The largest absolute Gasteiger partial charge is 0.493 e. The van der Waals surface area contributed by atoms with Crippen molar-refractivity contribution < 1.29 is 23.9 Å². The van der Waals surface area contributed by atoms with E-state index in [0.717, 1.165) is 44.1 Å². The summed E-state index contributed by atoms with van der Waals surface area (Å²) in [7, 11) is 1.43. The average molecular weight is 524 g/mol. The molecule has 0 aliphatic carbocycles. The molecule has 0 fully saturated rings. The quantitative estimate of drug-likeness (QED) is 0.136. The first kappa shape index (κ1) is 25.7. The smallest absolute Gasteiger partial charge is 0.349 e. The highest BCUT2D eigenvalue weighted by Crippen LogP contribution is 2.31. The van der Waals surface area contributed by atoms with Gasteiger partial charge in [-0.3, -0.25) is 10.1 Å². The molecule has 190 valence electrons. The Bertz CT molecular complexity index is 1410. The van der Waals surface area contributed by atoms with Crippen LogP contribution in [-0.2, 0) is 17.8 Å². The minimum atomic E-state index is -0.736. The third kappa shape index (κ3) is 6.05. The summed E-state index contributed by atoms with van der Waals surface area (Å²) >= 11 is 5.98. The van der Waals surface area contributed by atoms with Gasteiger partial charge in [0.2, 0.25) is 0 Å². The molecule has 11 nitrogen and oxygen atoms in total. The van der Waals surface area contributed by atoms with E-state index in [1.54, 1.807) is 24.3 Å². The van der Waals surface area contributed by atoms with E-state index in [1.807, 2.05) is 4.57 Å². The molecule has 0 spiro atoms. The van der Waals surface area contributed by atoms with Crippen LogP contribution in [0, 0.1) is 21.4 Å². The van der Waals surface area contributed by atoms with Crippen molar-refractivity contribution in [1.29, 1.82) is 5.26 Å². The second-order valence-corrected chi connectivity index (χ2v) is 8.52. The fourth-order valence-electron chi connectivity index (χ4n) is 3.87. The van der Waals surface area contributed by atoms with E-state index >= 15 is 0 Å². The number of methoxy groups -OCH3 is 1. The number of benzene rings is 2. The number of carbonyl (C=O) groups excluding carboxylic acids is 1. The lowest BCUT2D eigenvalue weighted by atomic mass is 10.1. The van der Waals surface area contributed by atoms with Gasteiger partial charge in [-0.2, -0.15) is 5.26 Å². The lowest BCUT2D eigenvalue weighted by Crippen LogP contribution is -2.18. The van der Waals surface area contributed by atoms with Crippen LogP contribution in [0.25, 0.3) is 11.6 Å². The Labute approximate surface area is 217 Å². The summed E-state index contributed by atoms with van der Waals surface area (Å²) in [6, 6.07) is 10.7. The predicted octanol–water partition coefficient (Wildman–Crippen LogP) is 4.62. The molecule has 0 saturated heterocycles. The minimum absolute atomic E-state index is 0.00594. The van der Waals surface area contributed by atoms with Gasteiger partial charge in [0.15, 0.2) is 23.9 Å². The van der Waals surface area contributed by atoms with Crippen LogP contribution in [0.5, 0.6) is 17.2 Å². The minimum Gasteiger partial charge on any atom is -0.493 e. The molecule has 0 atom stereocenters. The van der Waals surface area contributed by atoms with Crippen molar-refractivity contribution in [3.8, 4) is 23.3 Å². The zero-order chi connectivity index (χ0) is 26.4. The van der Waals surface area contributed by atoms with Gasteiger partial charge in [-0.1, -0.05) is 24.1 Å². The summed E-state index contributed by atoms with van der Waals surface area (Å²) in [5.41, 5.74) is 0.812. The van der Waals surface area contributed by atoms with Gasteiger partial charge in [0, 0.05) is 25.1 Å². The van der Waals surface area contributed by atoms with Crippen LogP contribution in [-0.4, -0.2) is 39.4 Å². The van der Waals surface area contributed by atoms with Gasteiger partial charge in [0.05, 0.1) is 22.6 Å². The first-order valence-corrected chi connectivity index (χ1v) is 11.8. The number of carbonyl (C=O) groups is 1. The number of rotatable bonds is 8. The van der Waals surface area contributed by atoms with Gasteiger partial charge < -0.3 is 18.8 Å². The van der Waals surface area contributed by atoms with Gasteiger partial charge in [0.1, 0.15) is 17.6 Å². The zero-order valence-corrected chi connectivity index (χ0v) is 20.6. The van der Waals surface area contributed by atoms with Crippen LogP contribution in [0.3, 0.4) is 0 Å². The Morgan fingerprint density at radius 3 is 2.73 bits per heavy atom. The molecule has 0 radical (unpaired) electrons. The first-order chi connectivity index (χ1) is 17.9. The number of nitro groups is 1. The number of esters is 1. The highest BCUT2D eigenvalue weighted by Gasteiger charge is 2.19. The SMILES string of the molecule is COc1cc(C=C(C#N)c2nnc3n2CCCCC3)ccc1OC(=O)COc1ccc([N+](=O)[O-])cc1Cl. The van der Waals surface area contributed by atoms with E-state index in [2.05, 4.69) is 16.3 Å². The van der Waals surface area contributed by atoms with Gasteiger partial charge in [0.25, 0.3) is 5.69 Å². The number of aromatic nitrogens is 3. The van der Waals surface area contributed by atoms with Crippen molar-refractivity contribution in [1.82, 2.24) is 14.8 Å². The van der Waals surface area contributed by atoms with E-state index in [9.17, 15) is 20.2 Å². The molecular weight excluding hydrogens is 502 g/mol. The molecule has 2 heterocycles. The Hall–Kier alpha value is -4.43. The maximum atomic E-state index is 12.3. The summed E-state index contributed by atoms with van der Waals surface area (Å²) in [6.45, 7) is 0.279. The third-order valence-corrected chi connectivity index (χ3v) is 5.96. The van der Waals surface area contributed by atoms with Gasteiger partial charge in [-0.05, 0) is 42.7 Å². The molecule has 3 aromatic rings. The number of nitriles is 1. The number of nitrogens with zero attached hydrogens (tertiary/aromatic N) is 5. The normalized spacial score (nSPS) is 13.2. The second-order valence-electron chi connectivity index (χ2n) is 8.12. The predicted molar refractivity (Wildman–Crippen MR) is 133 cm³/mol. The molecule has 0 bridgehead atoms. The highest BCUT2D eigenvalue weighted by molar-refractivity contribution is 6.32. The number of nitro benzene ring substituents is 1. The van der Waals surface area contributed by atoms with Crippen molar-refractivity contribution in [2.24, 2.45) is 0 Å². The van der Waals surface area contributed by atoms with Gasteiger partial charge in [-0.25, -0.2) is 4.79 Å². The third-order valence-electron chi connectivity index (χ3n) is 5.67. The topological polar surface area (TPSA) is 142 Å². The number of hydrogen-bond acceptors (Lipinski definition) is 9. The Balaban J connectivity index is 1.47. The van der Waals surface area contributed by atoms with E-state index < -0.39 is 17.5 Å². The van der Waals surface area contributed by atoms with Crippen LogP contribution in [0.2, 0.25) is 5.02 Å². The number of ether oxygens (including phenoxy) is 3. The molecule has 12 heteroatoms. The van der Waals surface area contributed by atoms with Crippen LogP contribution in [0.4, 0.5) is 5.69 Å². The molecule has 0 saturated carbocycles. The number of allylic oxidation sites excluding steroid dienone is 1. The molecule has 1 aromatic heterocycles. The lowest BCUT2D eigenvalue weighted by molar-refractivity contribution is -0.384. The van der Waals surface area contributed by atoms with Crippen molar-refractivity contribution in [3.05, 3.63) is 68.7 Å². The highest BCUT2D eigenvalue weighted by atomic mass is 35.5. The molecule has 0 N–H and O–H groups in total. The van der Waals surface area contributed by atoms with Crippen molar-refractivity contribution in [3.63, 3.8) is 0 Å². The first-order valence-electron chi connectivity index (χ1n) is 11.4. The van der Waals surface area contributed by atoms with Gasteiger partial charge in [-0.15, -0.1) is 10.2 Å². The van der Waals surface area contributed by atoms with Crippen molar-refractivity contribution >= 4 is 34.9 Å². The molecule has 4 rings (SSSR count). The fraction of sp³-hybridized carbons (Fsp3) is 0.280. The zero-order valence-electron chi connectivity index (χ0n) is 19.8. The molecular formula is C25H22ClN5O6. The number of fused-ring (bicyclic) bond motifs is 1. The van der Waals surface area contributed by atoms with Crippen molar-refractivity contribution in [2.45, 2.75) is 32.2 Å². The average Bonchev–Trinajstić information content (AvgIpc) is 3.14. The van der Waals surface area contributed by atoms with E-state index in [-0.39, 0.29) is 28.0 Å². The molecule has 0 unspecified atom stereocenters. The Morgan fingerprint density at radius 1 is 1.19 bits per heavy atom. The second kappa shape index (κ2) is 11.5. The van der Waals surface area contributed by atoms with E-state index in [1.165, 1.54) is 19.2 Å². The van der Waals surface area contributed by atoms with Gasteiger partial charge >= 0.3 is 5.97 Å². The Kier molecular flexibility index (Phi) is 8.00. The number of halogens is 1. The molecule has 1 aliphatic rings. The summed E-state index contributed by atoms with van der Waals surface area (Å²) in [4.78, 5) is 22.6. The van der Waals surface area contributed by atoms with Crippen LogP contribution >= 0.6 is 11.6 Å². The summed E-state index contributed by atoms with van der Waals surface area (Å²) in [5.74, 6) is 1.19. The molecule has 2 aromatic carbocycles. The number of hydrogen-bond donors (Lipinski definition) is 0. The maximum absolute atomic E-state index is 12.3. The van der Waals surface area contributed by atoms with E-state index in [4.69, 9.17) is 25.8 Å². The molecule has 0 amide bonds. The van der Waals surface area contributed by atoms with Crippen molar-refractivity contribution in [2.75, 3.05) is 13.7 Å². The fourth-order valence-corrected chi connectivity index (χ4v) is 4.09. The van der Waals surface area contributed by atoms with Crippen LogP contribution < -0.4 is 14.2 Å². The number of non-ortho nitro benzene ring substituents is 1. The Morgan fingerprint density at radius 2 is 2.00 bits per heavy atom. The standard InChI is InChI=1S/C25H22ClN5O6/c1-35-22-12-16(11-17(14-27)25-29-28-23-5-3-2-4-10-30(23)25)6-8-21(22)37-24(32)15-36-20-9-7-18(31(33)34)13-19(20)26/h6-9,11-13H,2-5,10,15H2,1H3. The maximum Gasteiger partial charge on any atom is 0.349 e. The summed E-state index contributed by atoms with van der Waals surface area (Å²) < 4.78 is 18.1. The lowest BCUT2D eigenvalue weighted by Gasteiger charge is -2.11. The monoisotopic (exact) mass is 523 g/mol. The van der Waals surface area contributed by atoms with Crippen LogP contribution in [0.1, 0.15) is 36.5 Å². The summed E-state index contributed by atoms with van der Waals surface area (Å²) in [6.07, 6.45) is 5.67. The van der Waals surface area contributed by atoms with E-state index in [0.29, 0.717) is 17.0 Å². The number of aryl methyl sites for hydroxylation is 1. The van der Waals surface area contributed by atoms with Crippen LogP contribution in [0.15, 0.2) is 36.4 Å². The molecule has 1 aliphatic heterocycles. The summed E-state index contributed by atoms with van der Waals surface area (Å²) in [5, 5.41) is 29.1.